The Morgan fingerprint density at radius 3 is 2.78 bits per heavy atom. The van der Waals surface area contributed by atoms with E-state index in [1.54, 1.807) is 12.1 Å². The lowest BCUT2D eigenvalue weighted by molar-refractivity contribution is -0.127. The summed E-state index contributed by atoms with van der Waals surface area (Å²) >= 11 is 4.10. The molecule has 164 valence electrons. The minimum atomic E-state index is -0.628. The second kappa shape index (κ2) is 10.3. The third kappa shape index (κ3) is 5.49. The molecule has 0 bridgehead atoms. The van der Waals surface area contributed by atoms with Crippen LogP contribution in [0.4, 0.5) is 14.9 Å². The van der Waals surface area contributed by atoms with Gasteiger partial charge in [0.15, 0.2) is 11.5 Å². The molecule has 1 aliphatic rings. The van der Waals surface area contributed by atoms with Crippen LogP contribution < -0.4 is 14.8 Å². The Bertz CT molecular complexity index is 1160. The van der Waals surface area contributed by atoms with Crippen LogP contribution in [-0.2, 0) is 9.59 Å². The predicted molar refractivity (Wildman–Crippen MR) is 123 cm³/mol. The first-order valence-corrected chi connectivity index (χ1v) is 10.7. The van der Waals surface area contributed by atoms with E-state index in [0.717, 1.165) is 11.0 Å². The van der Waals surface area contributed by atoms with Crippen molar-refractivity contribution in [1.82, 2.24) is 4.90 Å². The molecule has 0 aliphatic carbocycles. The molecule has 1 aliphatic heterocycles. The van der Waals surface area contributed by atoms with Gasteiger partial charge in [-0.2, -0.15) is 0 Å². The summed E-state index contributed by atoms with van der Waals surface area (Å²) in [4.78, 5) is 38.2. The number of halogens is 2. The quantitative estimate of drug-likeness (QED) is 0.434. The molecule has 32 heavy (non-hydrogen) atoms. The van der Waals surface area contributed by atoms with Gasteiger partial charge in [0.1, 0.15) is 19.0 Å². The number of rotatable bonds is 7. The number of imide groups is 1. The number of carbonyl (C=O) groups is 3. The molecule has 7 nitrogen and oxygen atoms in total. The normalized spacial score (nSPS) is 14.4. The van der Waals surface area contributed by atoms with Gasteiger partial charge in [0.2, 0.25) is 5.91 Å². The Labute approximate surface area is 196 Å². The molecule has 0 aromatic heterocycles. The van der Waals surface area contributed by atoms with Gasteiger partial charge in [-0.3, -0.25) is 19.3 Å². The number of nitrogens with one attached hydrogen (secondary N) is 1. The number of benzene rings is 2. The lowest BCUT2D eigenvalue weighted by Gasteiger charge is -2.13. The van der Waals surface area contributed by atoms with E-state index in [-0.39, 0.29) is 17.2 Å². The highest BCUT2D eigenvalue weighted by atomic mass is 79.9. The maximum atomic E-state index is 13.3. The number of hydrogen-bond acceptors (Lipinski definition) is 6. The first-order chi connectivity index (χ1) is 15.3. The molecule has 0 radical (unpaired) electrons. The fourth-order valence-corrected chi connectivity index (χ4v) is 4.01. The Morgan fingerprint density at radius 1 is 1.31 bits per heavy atom. The van der Waals surface area contributed by atoms with Crippen LogP contribution in [0.3, 0.4) is 0 Å². The number of terminal acetylenes is 1. The maximum Gasteiger partial charge on any atom is 0.294 e. The van der Waals surface area contributed by atoms with Crippen molar-refractivity contribution >= 4 is 56.5 Å². The number of thioether (sulfide) groups is 1. The highest BCUT2D eigenvalue weighted by molar-refractivity contribution is 9.10. The summed E-state index contributed by atoms with van der Waals surface area (Å²) in [6, 6.07) is 8.56. The molecule has 1 saturated heterocycles. The van der Waals surface area contributed by atoms with Gasteiger partial charge in [0, 0.05) is 10.2 Å². The average Bonchev–Trinajstić information content (AvgIpc) is 3.01. The summed E-state index contributed by atoms with van der Waals surface area (Å²) in [5.74, 6) is 1.40. The molecule has 3 amide bonds. The first kappa shape index (κ1) is 23.4. The summed E-state index contributed by atoms with van der Waals surface area (Å²) in [6.07, 6.45) is 6.72. The number of nitrogens with zero attached hydrogens (tertiary/aromatic N) is 1. The number of ether oxygens (including phenoxy) is 2. The summed E-state index contributed by atoms with van der Waals surface area (Å²) in [5, 5.41) is 1.87. The third-order valence-electron chi connectivity index (χ3n) is 4.16. The van der Waals surface area contributed by atoms with E-state index >= 15 is 0 Å². The molecule has 0 spiro atoms. The molecule has 0 unspecified atom stereocenters. The SMILES string of the molecule is C#CCOc1cc(Br)c(/C=C2/SC(=O)N(CC(=O)Nc3cccc(F)c3)C2=O)cc1OC. The molecule has 1 heterocycles. The van der Waals surface area contributed by atoms with Crippen LogP contribution in [0.25, 0.3) is 6.08 Å². The van der Waals surface area contributed by atoms with Gasteiger partial charge in [-0.15, -0.1) is 6.42 Å². The van der Waals surface area contributed by atoms with Crippen molar-refractivity contribution in [2.45, 2.75) is 0 Å². The predicted octanol–water partition coefficient (Wildman–Crippen LogP) is 4.28. The zero-order valence-electron chi connectivity index (χ0n) is 16.7. The number of methoxy groups -OCH3 is 1. The molecule has 2 aromatic carbocycles. The van der Waals surface area contributed by atoms with Crippen LogP contribution in [0.2, 0.25) is 0 Å². The number of anilines is 1. The van der Waals surface area contributed by atoms with Crippen molar-refractivity contribution in [3.8, 4) is 23.8 Å². The molecule has 0 saturated carbocycles. The van der Waals surface area contributed by atoms with Crippen molar-refractivity contribution in [2.75, 3.05) is 25.6 Å². The summed E-state index contributed by atoms with van der Waals surface area (Å²) in [6.45, 7) is -0.444. The largest absolute Gasteiger partial charge is 0.493 e. The van der Waals surface area contributed by atoms with E-state index in [1.807, 2.05) is 0 Å². The van der Waals surface area contributed by atoms with Crippen molar-refractivity contribution in [3.05, 3.63) is 57.2 Å². The molecular formula is C22H16BrFN2O5S. The standard InChI is InChI=1S/C22H16BrFN2O5S/c1-3-7-31-18-11-16(23)13(8-17(18)30-2)9-19-21(28)26(22(29)32-19)12-20(27)25-15-6-4-5-14(24)10-15/h1,4-6,8-11H,7,12H2,2H3,(H,25,27)/b19-9+. The maximum absolute atomic E-state index is 13.3. The van der Waals surface area contributed by atoms with Gasteiger partial charge in [-0.1, -0.05) is 27.9 Å². The summed E-state index contributed by atoms with van der Waals surface area (Å²) < 4.78 is 24.6. The highest BCUT2D eigenvalue weighted by Crippen LogP contribution is 2.38. The minimum absolute atomic E-state index is 0.0543. The van der Waals surface area contributed by atoms with Gasteiger partial charge in [-0.25, -0.2) is 4.39 Å². The van der Waals surface area contributed by atoms with Crippen LogP contribution >= 0.6 is 27.7 Å². The lowest BCUT2D eigenvalue weighted by atomic mass is 10.2. The molecule has 2 aromatic rings. The smallest absolute Gasteiger partial charge is 0.294 e. The van der Waals surface area contributed by atoms with Crippen LogP contribution in [0.15, 0.2) is 45.8 Å². The lowest BCUT2D eigenvalue weighted by Crippen LogP contribution is -2.36. The van der Waals surface area contributed by atoms with E-state index in [1.165, 1.54) is 31.4 Å². The highest BCUT2D eigenvalue weighted by Gasteiger charge is 2.36. The van der Waals surface area contributed by atoms with Crippen LogP contribution in [0.5, 0.6) is 11.5 Å². The second-order valence-corrected chi connectivity index (χ2v) is 8.19. The Morgan fingerprint density at radius 2 is 2.09 bits per heavy atom. The minimum Gasteiger partial charge on any atom is -0.493 e. The van der Waals surface area contributed by atoms with E-state index in [2.05, 4.69) is 27.2 Å². The van der Waals surface area contributed by atoms with Gasteiger partial charge >= 0.3 is 0 Å². The fraction of sp³-hybridized carbons (Fsp3) is 0.136. The van der Waals surface area contributed by atoms with Crippen molar-refractivity contribution in [3.63, 3.8) is 0 Å². The molecule has 3 rings (SSSR count). The van der Waals surface area contributed by atoms with Crippen LogP contribution in [-0.4, -0.2) is 42.2 Å². The first-order valence-electron chi connectivity index (χ1n) is 9.07. The Kier molecular flexibility index (Phi) is 7.56. The van der Waals surface area contributed by atoms with Gasteiger partial charge in [0.25, 0.3) is 11.1 Å². The topological polar surface area (TPSA) is 84.9 Å². The fourth-order valence-electron chi connectivity index (χ4n) is 2.74. The number of amides is 3. The second-order valence-electron chi connectivity index (χ2n) is 6.34. The van der Waals surface area contributed by atoms with E-state index in [0.29, 0.717) is 33.3 Å². The van der Waals surface area contributed by atoms with Gasteiger partial charge < -0.3 is 14.8 Å². The van der Waals surface area contributed by atoms with E-state index in [4.69, 9.17) is 15.9 Å². The van der Waals surface area contributed by atoms with Gasteiger partial charge in [0.05, 0.1) is 12.0 Å². The van der Waals surface area contributed by atoms with Crippen LogP contribution in [0, 0.1) is 18.2 Å². The third-order valence-corrected chi connectivity index (χ3v) is 5.76. The molecule has 10 heteroatoms. The average molecular weight is 519 g/mol. The molecular weight excluding hydrogens is 503 g/mol. The molecule has 1 fully saturated rings. The molecule has 1 N–H and O–H groups in total. The Hall–Kier alpha value is -3.29. The number of carbonyl (C=O) groups excluding carboxylic acids is 3. The van der Waals surface area contributed by atoms with Crippen molar-refractivity contribution < 1.29 is 28.2 Å². The zero-order chi connectivity index (χ0) is 23.3. The monoisotopic (exact) mass is 518 g/mol. The van der Waals surface area contributed by atoms with Crippen molar-refractivity contribution in [2.24, 2.45) is 0 Å². The molecule has 0 atom stereocenters. The summed E-state index contributed by atoms with van der Waals surface area (Å²) in [7, 11) is 1.46. The number of hydrogen-bond donors (Lipinski definition) is 1. The summed E-state index contributed by atoms with van der Waals surface area (Å²) in [5.41, 5.74) is 0.783. The van der Waals surface area contributed by atoms with Gasteiger partial charge in [-0.05, 0) is 53.7 Å². The van der Waals surface area contributed by atoms with Crippen LogP contribution in [0.1, 0.15) is 5.56 Å². The van der Waals surface area contributed by atoms with E-state index in [9.17, 15) is 18.8 Å². The Balaban J connectivity index is 1.76. The van der Waals surface area contributed by atoms with Crippen molar-refractivity contribution in [1.29, 1.82) is 0 Å². The van der Waals surface area contributed by atoms with E-state index < -0.39 is 29.4 Å². The zero-order valence-corrected chi connectivity index (χ0v) is 19.1.